The minimum Gasteiger partial charge on any atom is -0.484 e. The molecule has 0 aromatic heterocycles. The van der Waals surface area contributed by atoms with Crippen molar-refractivity contribution in [3.8, 4) is 11.5 Å². The van der Waals surface area contributed by atoms with E-state index >= 15 is 0 Å². The maximum absolute atomic E-state index is 12.4. The van der Waals surface area contributed by atoms with Gasteiger partial charge >= 0.3 is 5.97 Å². The normalized spacial score (nSPS) is 10.9. The molecule has 0 spiro atoms. The number of fused-ring (bicyclic) bond motifs is 1. The number of rotatable bonds is 7. The molecule has 0 saturated carbocycles. The van der Waals surface area contributed by atoms with Gasteiger partial charge in [-0.25, -0.2) is 10.2 Å². The lowest BCUT2D eigenvalue weighted by Gasteiger charge is -2.07. The summed E-state index contributed by atoms with van der Waals surface area (Å²) in [4.78, 5) is 24.4. The molecule has 0 radical (unpaired) electrons. The Morgan fingerprint density at radius 1 is 0.853 bits per heavy atom. The predicted molar refractivity (Wildman–Crippen MR) is 133 cm³/mol. The van der Waals surface area contributed by atoms with Crippen LogP contribution in [0.4, 0.5) is 0 Å². The molecule has 4 aromatic carbocycles. The van der Waals surface area contributed by atoms with E-state index in [-0.39, 0.29) is 17.2 Å². The van der Waals surface area contributed by atoms with Crippen molar-refractivity contribution in [1.29, 1.82) is 0 Å². The summed E-state index contributed by atoms with van der Waals surface area (Å²) in [6.07, 6.45) is 1.43. The number of carbonyl (C=O) groups excluding carboxylic acids is 2. The second-order valence-corrected chi connectivity index (χ2v) is 8.02. The van der Waals surface area contributed by atoms with Crippen molar-refractivity contribution >= 4 is 52.1 Å². The molecule has 0 heterocycles. The van der Waals surface area contributed by atoms with Crippen molar-refractivity contribution in [1.82, 2.24) is 5.43 Å². The van der Waals surface area contributed by atoms with E-state index in [9.17, 15) is 9.59 Å². The van der Waals surface area contributed by atoms with Gasteiger partial charge < -0.3 is 9.47 Å². The van der Waals surface area contributed by atoms with Crippen LogP contribution >= 0.6 is 23.2 Å². The third-order valence-corrected chi connectivity index (χ3v) is 5.26. The Morgan fingerprint density at radius 3 is 2.50 bits per heavy atom. The smallest absolute Gasteiger partial charge is 0.345 e. The zero-order chi connectivity index (χ0) is 23.9. The van der Waals surface area contributed by atoms with Gasteiger partial charge in [-0.2, -0.15) is 5.10 Å². The molecule has 1 N–H and O–H groups in total. The zero-order valence-corrected chi connectivity index (χ0v) is 19.2. The molecule has 1 amide bonds. The van der Waals surface area contributed by atoms with Gasteiger partial charge in [0.25, 0.3) is 5.91 Å². The number of benzene rings is 4. The van der Waals surface area contributed by atoms with Crippen LogP contribution in [0.3, 0.4) is 0 Å². The van der Waals surface area contributed by atoms with E-state index in [4.69, 9.17) is 32.7 Å². The van der Waals surface area contributed by atoms with Crippen LogP contribution in [0.1, 0.15) is 15.9 Å². The van der Waals surface area contributed by atoms with Crippen LogP contribution in [0.2, 0.25) is 10.0 Å². The van der Waals surface area contributed by atoms with Crippen molar-refractivity contribution in [3.63, 3.8) is 0 Å². The quantitative estimate of drug-likeness (QED) is 0.151. The lowest BCUT2D eigenvalue weighted by atomic mass is 10.1. The molecule has 170 valence electrons. The summed E-state index contributed by atoms with van der Waals surface area (Å²) in [5, 5.41) is 6.66. The van der Waals surface area contributed by atoms with E-state index < -0.39 is 11.9 Å². The number of amides is 1. The number of hydrogen-bond acceptors (Lipinski definition) is 5. The lowest BCUT2D eigenvalue weighted by molar-refractivity contribution is -0.123. The molecule has 34 heavy (non-hydrogen) atoms. The highest BCUT2D eigenvalue weighted by atomic mass is 35.5. The molecule has 0 aliphatic rings. The van der Waals surface area contributed by atoms with Crippen LogP contribution < -0.4 is 14.9 Å². The fraction of sp³-hybridized carbons (Fsp3) is 0.0385. The fourth-order valence-electron chi connectivity index (χ4n) is 3.09. The van der Waals surface area contributed by atoms with E-state index in [1.807, 2.05) is 42.5 Å². The van der Waals surface area contributed by atoms with Gasteiger partial charge in [-0.1, -0.05) is 65.7 Å². The molecule has 6 nitrogen and oxygen atoms in total. The van der Waals surface area contributed by atoms with Crippen LogP contribution in [-0.4, -0.2) is 24.7 Å². The Balaban J connectivity index is 1.30. The molecule has 0 bridgehead atoms. The predicted octanol–water partition coefficient (Wildman–Crippen LogP) is 5.89. The number of nitrogens with one attached hydrogen (secondary N) is 1. The van der Waals surface area contributed by atoms with Crippen molar-refractivity contribution in [2.75, 3.05) is 6.61 Å². The minimum absolute atomic E-state index is 0.185. The first-order valence-corrected chi connectivity index (χ1v) is 10.9. The average Bonchev–Trinajstić information content (AvgIpc) is 2.83. The maximum Gasteiger partial charge on any atom is 0.345 e. The third-order valence-electron chi connectivity index (χ3n) is 4.71. The lowest BCUT2D eigenvalue weighted by Crippen LogP contribution is -2.24. The number of carbonyl (C=O) groups is 2. The molecule has 0 saturated heterocycles. The first kappa shape index (κ1) is 23.3. The van der Waals surface area contributed by atoms with E-state index in [0.29, 0.717) is 22.1 Å². The Morgan fingerprint density at radius 2 is 1.68 bits per heavy atom. The second-order valence-electron chi connectivity index (χ2n) is 7.18. The molecular formula is C26H18Cl2N2O4. The van der Waals surface area contributed by atoms with Gasteiger partial charge in [0.15, 0.2) is 6.61 Å². The van der Waals surface area contributed by atoms with Crippen LogP contribution in [0.5, 0.6) is 11.5 Å². The van der Waals surface area contributed by atoms with Crippen molar-refractivity contribution in [2.45, 2.75) is 0 Å². The van der Waals surface area contributed by atoms with Crippen molar-refractivity contribution in [2.24, 2.45) is 5.10 Å². The standard InChI is InChI=1S/C26H18Cl2N2O4/c27-20-9-11-23(24(28)14-20)26(32)34-22-7-3-4-17(12-22)15-29-30-25(31)16-33-21-10-8-18-5-1-2-6-19(18)13-21/h1-15H,16H2,(H,30,31)/b29-15+. The average molecular weight is 493 g/mol. The van der Waals surface area contributed by atoms with Gasteiger partial charge in [0.1, 0.15) is 11.5 Å². The van der Waals surface area contributed by atoms with E-state index in [2.05, 4.69) is 10.5 Å². The Labute approximate surface area is 205 Å². The molecule has 0 aliphatic carbocycles. The molecule has 4 aromatic rings. The molecule has 0 fully saturated rings. The van der Waals surface area contributed by atoms with Crippen molar-refractivity contribution < 1.29 is 19.1 Å². The summed E-state index contributed by atoms with van der Waals surface area (Å²) in [5.74, 6) is -0.140. The number of halogens is 2. The Kier molecular flexibility index (Phi) is 7.42. The SMILES string of the molecule is O=C(COc1ccc2ccccc2c1)N/N=C/c1cccc(OC(=O)c2ccc(Cl)cc2Cl)c1. The first-order valence-electron chi connectivity index (χ1n) is 10.2. The highest BCUT2D eigenvalue weighted by Crippen LogP contribution is 2.23. The second kappa shape index (κ2) is 10.8. The summed E-state index contributed by atoms with van der Waals surface area (Å²) < 4.78 is 10.9. The highest BCUT2D eigenvalue weighted by Gasteiger charge is 2.13. The third kappa shape index (κ3) is 6.13. The summed E-state index contributed by atoms with van der Waals surface area (Å²) in [7, 11) is 0. The van der Waals surface area contributed by atoms with Gasteiger partial charge in [0.2, 0.25) is 0 Å². The van der Waals surface area contributed by atoms with Crippen LogP contribution in [0.15, 0.2) is 90.0 Å². The zero-order valence-electron chi connectivity index (χ0n) is 17.7. The van der Waals surface area contributed by atoms with Gasteiger partial charge in [-0.15, -0.1) is 0 Å². The van der Waals surface area contributed by atoms with Crippen LogP contribution in [0.25, 0.3) is 10.8 Å². The van der Waals surface area contributed by atoms with E-state index in [1.54, 1.807) is 30.3 Å². The van der Waals surface area contributed by atoms with E-state index in [1.165, 1.54) is 18.3 Å². The molecule has 0 unspecified atom stereocenters. The number of nitrogens with zero attached hydrogens (tertiary/aromatic N) is 1. The summed E-state index contributed by atoms with van der Waals surface area (Å²) in [6, 6.07) is 24.7. The summed E-state index contributed by atoms with van der Waals surface area (Å²) in [5.41, 5.74) is 3.22. The monoisotopic (exact) mass is 492 g/mol. The highest BCUT2D eigenvalue weighted by molar-refractivity contribution is 6.36. The van der Waals surface area contributed by atoms with Crippen LogP contribution in [0, 0.1) is 0 Å². The Hall–Kier alpha value is -3.87. The van der Waals surface area contributed by atoms with Gasteiger partial charge in [0, 0.05) is 5.02 Å². The Bertz CT molecular complexity index is 1390. The molecule has 8 heteroatoms. The number of esters is 1. The van der Waals surface area contributed by atoms with Crippen LogP contribution in [-0.2, 0) is 4.79 Å². The number of ether oxygens (including phenoxy) is 2. The molecule has 0 aliphatic heterocycles. The first-order chi connectivity index (χ1) is 16.5. The summed E-state index contributed by atoms with van der Waals surface area (Å²) >= 11 is 11.9. The molecule has 4 rings (SSSR count). The van der Waals surface area contributed by atoms with Crippen molar-refractivity contribution in [3.05, 3.63) is 106 Å². The number of hydrazone groups is 1. The molecule has 0 atom stereocenters. The largest absolute Gasteiger partial charge is 0.484 e. The van der Waals surface area contributed by atoms with E-state index in [0.717, 1.165) is 10.8 Å². The van der Waals surface area contributed by atoms with Gasteiger partial charge in [-0.05, 0) is 58.8 Å². The van der Waals surface area contributed by atoms with Gasteiger partial charge in [0.05, 0.1) is 16.8 Å². The molecular weight excluding hydrogens is 475 g/mol. The minimum atomic E-state index is -0.616. The fourth-order valence-corrected chi connectivity index (χ4v) is 3.58. The summed E-state index contributed by atoms with van der Waals surface area (Å²) in [6.45, 7) is -0.185. The van der Waals surface area contributed by atoms with Gasteiger partial charge in [-0.3, -0.25) is 4.79 Å². The topological polar surface area (TPSA) is 77.0 Å². The number of hydrogen-bond donors (Lipinski definition) is 1. The maximum atomic E-state index is 12.4.